The third-order valence-corrected chi connectivity index (χ3v) is 4.26. The summed E-state index contributed by atoms with van der Waals surface area (Å²) >= 11 is 3.40. The summed E-state index contributed by atoms with van der Waals surface area (Å²) in [6.45, 7) is 0.634. The van der Waals surface area contributed by atoms with Crippen LogP contribution in [0.25, 0.3) is 0 Å². The molecule has 0 saturated heterocycles. The van der Waals surface area contributed by atoms with E-state index in [9.17, 15) is 10.2 Å². The summed E-state index contributed by atoms with van der Waals surface area (Å²) < 4.78 is 0.969. The Balaban J connectivity index is 1.93. The highest BCUT2D eigenvalue weighted by molar-refractivity contribution is 9.10. The average molecular weight is 314 g/mol. The highest BCUT2D eigenvalue weighted by atomic mass is 79.9. The molecule has 100 valence electrons. The van der Waals surface area contributed by atoms with Gasteiger partial charge in [-0.15, -0.1) is 0 Å². The Labute approximate surface area is 116 Å². The van der Waals surface area contributed by atoms with Crippen molar-refractivity contribution < 1.29 is 10.2 Å². The van der Waals surface area contributed by atoms with E-state index in [-0.39, 0.29) is 12.1 Å². The molecule has 1 aromatic carbocycles. The van der Waals surface area contributed by atoms with Gasteiger partial charge in [0, 0.05) is 16.6 Å². The van der Waals surface area contributed by atoms with Gasteiger partial charge in [0.2, 0.25) is 0 Å². The Kier molecular flexibility index (Phi) is 4.78. The third kappa shape index (κ3) is 3.32. The number of benzene rings is 1. The zero-order valence-electron chi connectivity index (χ0n) is 10.4. The zero-order chi connectivity index (χ0) is 13.0. The molecule has 1 aliphatic carbocycles. The zero-order valence-corrected chi connectivity index (χ0v) is 12.0. The summed E-state index contributed by atoms with van der Waals surface area (Å²) in [6, 6.07) is 7.69. The van der Waals surface area contributed by atoms with Gasteiger partial charge in [-0.25, -0.2) is 0 Å². The van der Waals surface area contributed by atoms with Crippen molar-refractivity contribution in [2.45, 2.75) is 37.3 Å². The van der Waals surface area contributed by atoms with Crippen molar-refractivity contribution in [2.75, 3.05) is 13.2 Å². The highest BCUT2D eigenvalue weighted by Crippen LogP contribution is 2.29. The molecule has 1 saturated carbocycles. The number of β-amino-alcohol motifs (C(OH)–C–C–N with tert-alkyl or cyclic N) is 1. The van der Waals surface area contributed by atoms with Gasteiger partial charge in [-0.05, 0) is 30.5 Å². The minimum Gasteiger partial charge on any atom is -0.394 e. The Hall–Kier alpha value is -0.420. The van der Waals surface area contributed by atoms with Crippen molar-refractivity contribution in [3.63, 3.8) is 0 Å². The van der Waals surface area contributed by atoms with E-state index in [0.29, 0.717) is 6.54 Å². The first-order valence-corrected chi connectivity index (χ1v) is 7.24. The maximum Gasteiger partial charge on any atom is 0.0914 e. The lowest BCUT2D eigenvalue weighted by Crippen LogP contribution is -2.47. The summed E-state index contributed by atoms with van der Waals surface area (Å²) in [7, 11) is 0. The Morgan fingerprint density at radius 2 is 2.06 bits per heavy atom. The standard InChI is InChI=1S/C14H20BrNO2/c15-12-5-3-4-11(8-12)13(18)9-16-14(10-17)6-1-2-7-14/h3-5,8,13,16-18H,1-2,6-7,9-10H2. The first kappa shape index (κ1) is 14.0. The SMILES string of the molecule is OCC1(NCC(O)c2cccc(Br)c2)CCCC1. The molecule has 1 unspecified atom stereocenters. The normalized spacial score (nSPS) is 19.9. The Bertz CT molecular complexity index is 391. The second-order valence-electron chi connectivity index (χ2n) is 5.10. The molecular formula is C14H20BrNO2. The minimum absolute atomic E-state index is 0.151. The molecule has 0 amide bonds. The van der Waals surface area contributed by atoms with E-state index in [1.165, 1.54) is 0 Å². The molecule has 0 bridgehead atoms. The van der Waals surface area contributed by atoms with E-state index in [0.717, 1.165) is 35.7 Å². The average Bonchev–Trinajstić information content (AvgIpc) is 2.85. The molecule has 0 aromatic heterocycles. The van der Waals surface area contributed by atoms with Crippen molar-refractivity contribution in [2.24, 2.45) is 0 Å². The van der Waals surface area contributed by atoms with Gasteiger partial charge >= 0.3 is 0 Å². The summed E-state index contributed by atoms with van der Waals surface area (Å²) in [5.41, 5.74) is 0.718. The van der Waals surface area contributed by atoms with Gasteiger partial charge in [0.1, 0.15) is 0 Å². The molecule has 1 atom stereocenters. The molecule has 0 aliphatic heterocycles. The maximum atomic E-state index is 10.2. The molecule has 2 rings (SSSR count). The molecule has 3 N–H and O–H groups in total. The van der Waals surface area contributed by atoms with Crippen molar-refractivity contribution in [3.05, 3.63) is 34.3 Å². The molecule has 3 nitrogen and oxygen atoms in total. The fourth-order valence-electron chi connectivity index (χ4n) is 2.59. The lowest BCUT2D eigenvalue weighted by atomic mass is 9.98. The van der Waals surface area contributed by atoms with Gasteiger partial charge in [-0.3, -0.25) is 0 Å². The van der Waals surface area contributed by atoms with Crippen molar-refractivity contribution in [3.8, 4) is 0 Å². The topological polar surface area (TPSA) is 52.5 Å². The lowest BCUT2D eigenvalue weighted by molar-refractivity contribution is 0.122. The lowest BCUT2D eigenvalue weighted by Gasteiger charge is -2.29. The van der Waals surface area contributed by atoms with Crippen LogP contribution in [-0.2, 0) is 0 Å². The van der Waals surface area contributed by atoms with Crippen LogP contribution in [0.1, 0.15) is 37.4 Å². The van der Waals surface area contributed by atoms with Crippen LogP contribution in [-0.4, -0.2) is 28.9 Å². The monoisotopic (exact) mass is 313 g/mol. The van der Waals surface area contributed by atoms with Crippen LogP contribution in [0.3, 0.4) is 0 Å². The van der Waals surface area contributed by atoms with Gasteiger partial charge in [0.25, 0.3) is 0 Å². The fourth-order valence-corrected chi connectivity index (χ4v) is 3.00. The van der Waals surface area contributed by atoms with E-state index in [4.69, 9.17) is 0 Å². The van der Waals surface area contributed by atoms with Gasteiger partial charge in [-0.2, -0.15) is 0 Å². The Morgan fingerprint density at radius 1 is 1.33 bits per heavy atom. The summed E-state index contributed by atoms with van der Waals surface area (Å²) in [6.07, 6.45) is 3.76. The van der Waals surface area contributed by atoms with E-state index >= 15 is 0 Å². The van der Waals surface area contributed by atoms with Crippen LogP contribution >= 0.6 is 15.9 Å². The summed E-state index contributed by atoms with van der Waals surface area (Å²) in [5.74, 6) is 0. The molecule has 1 fully saturated rings. The van der Waals surface area contributed by atoms with Crippen LogP contribution in [0.15, 0.2) is 28.7 Å². The summed E-state index contributed by atoms with van der Waals surface area (Å²) in [4.78, 5) is 0. The van der Waals surface area contributed by atoms with E-state index in [2.05, 4.69) is 21.2 Å². The Morgan fingerprint density at radius 3 is 2.67 bits per heavy atom. The third-order valence-electron chi connectivity index (χ3n) is 3.77. The number of halogens is 1. The van der Waals surface area contributed by atoms with E-state index in [1.54, 1.807) is 0 Å². The molecule has 18 heavy (non-hydrogen) atoms. The highest BCUT2D eigenvalue weighted by Gasteiger charge is 2.32. The second kappa shape index (κ2) is 6.15. The molecular weight excluding hydrogens is 294 g/mol. The first-order chi connectivity index (χ1) is 8.65. The molecule has 1 aromatic rings. The molecule has 0 heterocycles. The number of hydrogen-bond acceptors (Lipinski definition) is 3. The molecule has 0 spiro atoms. The van der Waals surface area contributed by atoms with Crippen LogP contribution in [0.5, 0.6) is 0 Å². The van der Waals surface area contributed by atoms with Crippen molar-refractivity contribution in [1.29, 1.82) is 0 Å². The quantitative estimate of drug-likeness (QED) is 0.782. The van der Waals surface area contributed by atoms with Crippen LogP contribution in [0.4, 0.5) is 0 Å². The molecule has 1 aliphatic rings. The van der Waals surface area contributed by atoms with Gasteiger partial charge in [0.15, 0.2) is 0 Å². The molecule has 0 radical (unpaired) electrons. The second-order valence-corrected chi connectivity index (χ2v) is 6.01. The number of rotatable bonds is 5. The predicted octanol–water partition coefficient (Wildman–Crippen LogP) is 2.38. The van der Waals surface area contributed by atoms with E-state index in [1.807, 2.05) is 24.3 Å². The minimum atomic E-state index is -0.536. The maximum absolute atomic E-state index is 10.2. The van der Waals surface area contributed by atoms with Crippen molar-refractivity contribution in [1.82, 2.24) is 5.32 Å². The number of hydrogen-bond donors (Lipinski definition) is 3. The smallest absolute Gasteiger partial charge is 0.0914 e. The first-order valence-electron chi connectivity index (χ1n) is 6.45. The van der Waals surface area contributed by atoms with Gasteiger partial charge < -0.3 is 15.5 Å². The number of aliphatic hydroxyl groups is 2. The van der Waals surface area contributed by atoms with Gasteiger partial charge in [-0.1, -0.05) is 40.9 Å². The summed E-state index contributed by atoms with van der Waals surface area (Å²) in [5, 5.41) is 23.0. The number of nitrogens with one attached hydrogen (secondary N) is 1. The largest absolute Gasteiger partial charge is 0.394 e. The van der Waals surface area contributed by atoms with E-state index < -0.39 is 6.10 Å². The fraction of sp³-hybridized carbons (Fsp3) is 0.571. The van der Waals surface area contributed by atoms with Crippen LogP contribution in [0, 0.1) is 0 Å². The molecule has 4 heteroatoms. The van der Waals surface area contributed by atoms with Gasteiger partial charge in [0.05, 0.1) is 12.7 Å². The van der Waals surface area contributed by atoms with Crippen LogP contribution in [0.2, 0.25) is 0 Å². The van der Waals surface area contributed by atoms with Crippen LogP contribution < -0.4 is 5.32 Å². The van der Waals surface area contributed by atoms with Crippen molar-refractivity contribution >= 4 is 15.9 Å². The number of aliphatic hydroxyl groups excluding tert-OH is 2. The predicted molar refractivity (Wildman–Crippen MR) is 75.4 cm³/mol.